The van der Waals surface area contributed by atoms with E-state index in [1.54, 1.807) is 13.8 Å². The fourth-order valence-corrected chi connectivity index (χ4v) is 3.08. The molecule has 0 aliphatic rings. The Morgan fingerprint density at radius 2 is 1.87 bits per heavy atom. The Morgan fingerprint density at radius 1 is 1.26 bits per heavy atom. The van der Waals surface area contributed by atoms with E-state index in [4.69, 9.17) is 16.3 Å². The standard InChI is InChI=1S/C16H21ClFNO3S/c1-8(2)14(16(21)22-5)23-13-7-12(11(18)6-10(13)17)19-15(20)9(3)4/h6-9,14H,1-5H3,(H,19,20). The van der Waals surface area contributed by atoms with Crippen molar-refractivity contribution >= 4 is 40.9 Å². The minimum absolute atomic E-state index is 0.00211. The van der Waals surface area contributed by atoms with Crippen LogP contribution in [0, 0.1) is 17.7 Å². The first-order valence-electron chi connectivity index (χ1n) is 7.21. The summed E-state index contributed by atoms with van der Waals surface area (Å²) in [6.45, 7) is 7.19. The Bertz CT molecular complexity index is 593. The summed E-state index contributed by atoms with van der Waals surface area (Å²) in [6, 6.07) is 2.58. The first-order valence-corrected chi connectivity index (χ1v) is 8.47. The number of rotatable bonds is 6. The second-order valence-corrected chi connectivity index (χ2v) is 7.30. The number of hydrogen-bond acceptors (Lipinski definition) is 4. The number of thioether (sulfide) groups is 1. The number of carbonyl (C=O) groups excluding carboxylic acids is 2. The highest BCUT2D eigenvalue weighted by Gasteiger charge is 2.26. The summed E-state index contributed by atoms with van der Waals surface area (Å²) < 4.78 is 18.8. The number of anilines is 1. The van der Waals surface area contributed by atoms with Gasteiger partial charge in [0.25, 0.3) is 0 Å². The van der Waals surface area contributed by atoms with Crippen molar-refractivity contribution in [1.29, 1.82) is 0 Å². The van der Waals surface area contributed by atoms with E-state index in [1.807, 2.05) is 13.8 Å². The number of amides is 1. The predicted molar refractivity (Wildman–Crippen MR) is 91.4 cm³/mol. The number of esters is 1. The summed E-state index contributed by atoms with van der Waals surface area (Å²) in [7, 11) is 1.32. The van der Waals surface area contributed by atoms with Crippen LogP contribution in [-0.2, 0) is 14.3 Å². The van der Waals surface area contributed by atoms with Gasteiger partial charge in [-0.25, -0.2) is 4.39 Å². The molecule has 1 rings (SSSR count). The van der Waals surface area contributed by atoms with Gasteiger partial charge in [-0.2, -0.15) is 0 Å². The zero-order valence-corrected chi connectivity index (χ0v) is 15.3. The second kappa shape index (κ2) is 8.55. The van der Waals surface area contributed by atoms with Crippen molar-refractivity contribution in [2.45, 2.75) is 37.8 Å². The second-order valence-electron chi connectivity index (χ2n) is 5.71. The summed E-state index contributed by atoms with van der Waals surface area (Å²) in [6.07, 6.45) is 0. The Kier molecular flexibility index (Phi) is 7.35. The first kappa shape index (κ1) is 19.8. The molecular weight excluding hydrogens is 341 g/mol. The molecule has 0 radical (unpaired) electrons. The van der Waals surface area contributed by atoms with Crippen LogP contribution in [0.3, 0.4) is 0 Å². The first-order chi connectivity index (χ1) is 10.7. The molecule has 0 aliphatic heterocycles. The third kappa shape index (κ3) is 5.39. The largest absolute Gasteiger partial charge is 0.468 e. The van der Waals surface area contributed by atoms with Crippen molar-refractivity contribution in [3.8, 4) is 0 Å². The zero-order valence-electron chi connectivity index (χ0n) is 13.8. The van der Waals surface area contributed by atoms with Crippen LogP contribution in [0.15, 0.2) is 17.0 Å². The topological polar surface area (TPSA) is 55.4 Å². The maximum Gasteiger partial charge on any atom is 0.319 e. The van der Waals surface area contributed by atoms with E-state index in [-0.39, 0.29) is 34.4 Å². The summed E-state index contributed by atoms with van der Waals surface area (Å²) in [5.74, 6) is -1.57. The van der Waals surface area contributed by atoms with E-state index in [1.165, 1.54) is 24.9 Å². The quantitative estimate of drug-likeness (QED) is 0.604. The molecule has 1 atom stereocenters. The number of carbonyl (C=O) groups is 2. The van der Waals surface area contributed by atoms with Crippen molar-refractivity contribution in [2.24, 2.45) is 11.8 Å². The predicted octanol–water partition coefficient (Wildman–Crippen LogP) is 4.36. The average Bonchev–Trinajstić information content (AvgIpc) is 2.47. The van der Waals surface area contributed by atoms with Crippen molar-refractivity contribution in [3.63, 3.8) is 0 Å². The van der Waals surface area contributed by atoms with Crippen LogP contribution in [0.1, 0.15) is 27.7 Å². The molecule has 0 bridgehead atoms. The highest BCUT2D eigenvalue weighted by Crippen LogP contribution is 2.37. The molecule has 1 aromatic rings. The van der Waals surface area contributed by atoms with Crippen molar-refractivity contribution in [1.82, 2.24) is 0 Å². The van der Waals surface area contributed by atoms with E-state index < -0.39 is 11.1 Å². The minimum Gasteiger partial charge on any atom is -0.468 e. The number of ether oxygens (including phenoxy) is 1. The Hall–Kier alpha value is -1.27. The number of benzene rings is 1. The van der Waals surface area contributed by atoms with E-state index >= 15 is 0 Å². The summed E-state index contributed by atoms with van der Waals surface area (Å²) in [5, 5.41) is 2.23. The van der Waals surface area contributed by atoms with Gasteiger partial charge in [0.15, 0.2) is 0 Å². The lowest BCUT2D eigenvalue weighted by molar-refractivity contribution is -0.140. The Balaban J connectivity index is 3.11. The molecule has 0 spiro atoms. The van der Waals surface area contributed by atoms with Gasteiger partial charge in [0.1, 0.15) is 11.1 Å². The normalized spacial score (nSPS) is 12.4. The summed E-state index contributed by atoms with van der Waals surface area (Å²) in [5.41, 5.74) is 0.0444. The molecule has 1 unspecified atom stereocenters. The third-order valence-corrected chi connectivity index (χ3v) is 5.10. The van der Waals surface area contributed by atoms with Gasteiger partial charge in [-0.05, 0) is 18.1 Å². The van der Waals surface area contributed by atoms with Gasteiger partial charge in [-0.15, -0.1) is 11.8 Å². The molecular formula is C16H21ClFNO3S. The molecule has 4 nitrogen and oxygen atoms in total. The van der Waals surface area contributed by atoms with E-state index in [0.29, 0.717) is 4.90 Å². The van der Waals surface area contributed by atoms with Gasteiger partial charge in [-0.3, -0.25) is 9.59 Å². The molecule has 0 fully saturated rings. The van der Waals surface area contributed by atoms with Gasteiger partial charge < -0.3 is 10.1 Å². The van der Waals surface area contributed by atoms with E-state index in [9.17, 15) is 14.0 Å². The summed E-state index contributed by atoms with van der Waals surface area (Å²) in [4.78, 5) is 24.1. The average molecular weight is 362 g/mol. The SMILES string of the molecule is COC(=O)C(Sc1cc(NC(=O)C(C)C)c(F)cc1Cl)C(C)C. The van der Waals surface area contributed by atoms with Crippen LogP contribution in [-0.4, -0.2) is 24.2 Å². The monoisotopic (exact) mass is 361 g/mol. The molecule has 1 N–H and O–H groups in total. The fourth-order valence-electron chi connectivity index (χ4n) is 1.70. The third-order valence-electron chi connectivity index (χ3n) is 3.10. The number of halogens is 2. The van der Waals surface area contributed by atoms with Gasteiger partial charge in [0, 0.05) is 10.8 Å². The molecule has 128 valence electrons. The minimum atomic E-state index is -0.618. The van der Waals surface area contributed by atoms with Crippen molar-refractivity contribution in [3.05, 3.63) is 23.0 Å². The lowest BCUT2D eigenvalue weighted by Crippen LogP contribution is -2.24. The molecule has 0 saturated carbocycles. The van der Waals surface area contributed by atoms with Gasteiger partial charge in [0.05, 0.1) is 17.8 Å². The van der Waals surface area contributed by atoms with Crippen LogP contribution >= 0.6 is 23.4 Å². The molecule has 0 saturated heterocycles. The van der Waals surface area contributed by atoms with E-state index in [0.717, 1.165) is 6.07 Å². The molecule has 0 heterocycles. The van der Waals surface area contributed by atoms with Crippen molar-refractivity contribution < 1.29 is 18.7 Å². The van der Waals surface area contributed by atoms with Crippen molar-refractivity contribution in [2.75, 3.05) is 12.4 Å². The number of methoxy groups -OCH3 is 1. The smallest absolute Gasteiger partial charge is 0.319 e. The van der Waals surface area contributed by atoms with Crippen LogP contribution < -0.4 is 5.32 Å². The summed E-state index contributed by atoms with van der Waals surface area (Å²) >= 11 is 7.26. The maximum atomic E-state index is 14.0. The van der Waals surface area contributed by atoms with E-state index in [2.05, 4.69) is 5.32 Å². The maximum absolute atomic E-state index is 14.0. The Morgan fingerprint density at radius 3 is 2.35 bits per heavy atom. The zero-order chi connectivity index (χ0) is 17.7. The van der Waals surface area contributed by atoms with Gasteiger partial charge in [0.2, 0.25) is 5.91 Å². The lowest BCUT2D eigenvalue weighted by Gasteiger charge is -2.19. The molecule has 23 heavy (non-hydrogen) atoms. The van der Waals surface area contributed by atoms with Crippen LogP contribution in [0.2, 0.25) is 5.02 Å². The molecule has 1 amide bonds. The highest BCUT2D eigenvalue weighted by atomic mass is 35.5. The number of hydrogen-bond donors (Lipinski definition) is 1. The van der Waals surface area contributed by atoms with Gasteiger partial charge in [-0.1, -0.05) is 39.3 Å². The highest BCUT2D eigenvalue weighted by molar-refractivity contribution is 8.00. The van der Waals surface area contributed by atoms with Crippen LogP contribution in [0.4, 0.5) is 10.1 Å². The van der Waals surface area contributed by atoms with Crippen LogP contribution in [0.25, 0.3) is 0 Å². The van der Waals surface area contributed by atoms with Gasteiger partial charge >= 0.3 is 5.97 Å². The lowest BCUT2D eigenvalue weighted by atomic mass is 10.1. The molecule has 0 aliphatic carbocycles. The Labute approximate surface area is 145 Å². The molecule has 1 aromatic carbocycles. The molecule has 7 heteroatoms. The fraction of sp³-hybridized carbons (Fsp3) is 0.500. The number of nitrogens with one attached hydrogen (secondary N) is 1. The van der Waals surface area contributed by atoms with Crippen LogP contribution in [0.5, 0.6) is 0 Å². The molecule has 0 aromatic heterocycles.